The number of hydrogen-bond donors (Lipinski definition) is 0. The van der Waals surface area contributed by atoms with Gasteiger partial charge >= 0.3 is 0 Å². The summed E-state index contributed by atoms with van der Waals surface area (Å²) in [5.41, 5.74) is 3.46. The van der Waals surface area contributed by atoms with E-state index in [0.29, 0.717) is 5.02 Å². The van der Waals surface area contributed by atoms with Crippen LogP contribution in [0, 0.1) is 6.92 Å². The summed E-state index contributed by atoms with van der Waals surface area (Å²) in [6.07, 6.45) is 0. The normalized spacial score (nSPS) is 11.5. The molecule has 0 aliphatic heterocycles. The zero-order valence-corrected chi connectivity index (χ0v) is 15.2. The fourth-order valence-electron chi connectivity index (χ4n) is 2.16. The van der Waals surface area contributed by atoms with Gasteiger partial charge in [0.05, 0.1) is 0 Å². The van der Waals surface area contributed by atoms with Gasteiger partial charge in [0, 0.05) is 15.9 Å². The fourth-order valence-corrected chi connectivity index (χ4v) is 3.05. The molecule has 112 valence electrons. The largest absolute Gasteiger partial charge is 0.457 e. The van der Waals surface area contributed by atoms with Crippen LogP contribution in [-0.4, -0.2) is 0 Å². The van der Waals surface area contributed by atoms with Gasteiger partial charge in [0.25, 0.3) is 0 Å². The lowest BCUT2D eigenvalue weighted by Gasteiger charge is -2.23. The Balaban J connectivity index is 2.39. The molecule has 2 aromatic rings. The summed E-state index contributed by atoms with van der Waals surface area (Å²) >= 11 is 9.67. The van der Waals surface area contributed by atoms with Crippen LogP contribution >= 0.6 is 27.5 Å². The molecule has 3 heteroatoms. The standard InChI is InChI=1S/C18H20BrClO/c1-12-5-8-15(18(2,3)4)17(9-12)21-14-7-6-13(11-19)16(20)10-14/h5-10H,11H2,1-4H3. The molecule has 0 fully saturated rings. The number of rotatable bonds is 3. The van der Waals surface area contributed by atoms with Crippen molar-refractivity contribution in [2.45, 2.75) is 38.4 Å². The average Bonchev–Trinajstić information content (AvgIpc) is 2.37. The van der Waals surface area contributed by atoms with Crippen LogP contribution in [0.3, 0.4) is 0 Å². The molecule has 0 unspecified atom stereocenters. The summed E-state index contributed by atoms with van der Waals surface area (Å²) in [6.45, 7) is 8.63. The summed E-state index contributed by atoms with van der Waals surface area (Å²) in [6, 6.07) is 12.1. The Labute approximate surface area is 140 Å². The van der Waals surface area contributed by atoms with Crippen molar-refractivity contribution in [2.75, 3.05) is 0 Å². The maximum atomic E-state index is 6.25. The van der Waals surface area contributed by atoms with E-state index in [-0.39, 0.29) is 5.41 Å². The van der Waals surface area contributed by atoms with Crippen LogP contribution in [-0.2, 0) is 10.7 Å². The van der Waals surface area contributed by atoms with E-state index in [1.165, 1.54) is 11.1 Å². The summed E-state index contributed by atoms with van der Waals surface area (Å²) in [5.74, 6) is 1.66. The van der Waals surface area contributed by atoms with E-state index in [2.05, 4.69) is 61.8 Å². The third-order valence-corrected chi connectivity index (χ3v) is 4.30. The number of hydrogen-bond acceptors (Lipinski definition) is 1. The van der Waals surface area contributed by atoms with Crippen molar-refractivity contribution >= 4 is 27.5 Å². The molecule has 0 bridgehead atoms. The SMILES string of the molecule is Cc1ccc(C(C)(C)C)c(Oc2ccc(CBr)c(Cl)c2)c1. The highest BCUT2D eigenvalue weighted by Gasteiger charge is 2.19. The zero-order valence-electron chi connectivity index (χ0n) is 12.8. The first kappa shape index (κ1) is 16.4. The van der Waals surface area contributed by atoms with E-state index in [0.717, 1.165) is 22.4 Å². The molecule has 1 nitrogen and oxygen atoms in total. The molecule has 0 saturated heterocycles. The fraction of sp³-hybridized carbons (Fsp3) is 0.333. The number of aryl methyl sites for hydroxylation is 1. The Morgan fingerprint density at radius 3 is 2.38 bits per heavy atom. The van der Waals surface area contributed by atoms with Crippen molar-refractivity contribution in [3.63, 3.8) is 0 Å². The molecule has 0 aromatic heterocycles. The molecule has 0 atom stereocenters. The predicted octanol–water partition coefficient (Wildman–Crippen LogP) is 6.63. The van der Waals surface area contributed by atoms with Crippen molar-refractivity contribution in [2.24, 2.45) is 0 Å². The van der Waals surface area contributed by atoms with Crippen LogP contribution in [0.4, 0.5) is 0 Å². The number of benzene rings is 2. The molecular formula is C18H20BrClO. The molecular weight excluding hydrogens is 348 g/mol. The summed E-state index contributed by atoms with van der Waals surface area (Å²) in [5, 5.41) is 1.46. The van der Waals surface area contributed by atoms with E-state index in [9.17, 15) is 0 Å². The Bertz CT molecular complexity index is 644. The summed E-state index contributed by atoms with van der Waals surface area (Å²) < 4.78 is 6.10. The lowest BCUT2D eigenvalue weighted by molar-refractivity contribution is 0.455. The molecule has 0 radical (unpaired) electrons. The van der Waals surface area contributed by atoms with Gasteiger partial charge in [0.15, 0.2) is 0 Å². The van der Waals surface area contributed by atoms with Crippen LogP contribution in [0.2, 0.25) is 5.02 Å². The minimum absolute atomic E-state index is 0.0304. The van der Waals surface area contributed by atoms with Crippen LogP contribution in [0.25, 0.3) is 0 Å². The Morgan fingerprint density at radius 1 is 1.10 bits per heavy atom. The van der Waals surface area contributed by atoms with E-state index in [1.807, 2.05) is 18.2 Å². The maximum absolute atomic E-state index is 6.25. The number of ether oxygens (including phenoxy) is 1. The van der Waals surface area contributed by atoms with Gasteiger partial charge in [-0.2, -0.15) is 0 Å². The van der Waals surface area contributed by atoms with E-state index >= 15 is 0 Å². The van der Waals surface area contributed by atoms with Gasteiger partial charge in [-0.25, -0.2) is 0 Å². The van der Waals surface area contributed by atoms with E-state index in [4.69, 9.17) is 16.3 Å². The van der Waals surface area contributed by atoms with Crippen molar-refractivity contribution in [3.05, 3.63) is 58.1 Å². The second-order valence-corrected chi connectivity index (χ2v) is 7.21. The van der Waals surface area contributed by atoms with Crippen molar-refractivity contribution in [3.8, 4) is 11.5 Å². The van der Waals surface area contributed by atoms with E-state index in [1.54, 1.807) is 0 Å². The predicted molar refractivity (Wildman–Crippen MR) is 94.0 cm³/mol. The van der Waals surface area contributed by atoms with Gasteiger partial charge in [0.2, 0.25) is 0 Å². The molecule has 0 heterocycles. The second kappa shape index (κ2) is 6.41. The van der Waals surface area contributed by atoms with Crippen LogP contribution in [0.1, 0.15) is 37.5 Å². The first-order valence-electron chi connectivity index (χ1n) is 6.94. The summed E-state index contributed by atoms with van der Waals surface area (Å²) in [4.78, 5) is 0. The molecule has 2 rings (SSSR count). The molecule has 0 aliphatic rings. The monoisotopic (exact) mass is 366 g/mol. The highest BCUT2D eigenvalue weighted by Crippen LogP contribution is 2.36. The van der Waals surface area contributed by atoms with Gasteiger partial charge in [-0.3, -0.25) is 0 Å². The Morgan fingerprint density at radius 2 is 1.81 bits per heavy atom. The Hall–Kier alpha value is -0.990. The topological polar surface area (TPSA) is 9.23 Å². The van der Waals surface area contributed by atoms with Gasteiger partial charge in [0.1, 0.15) is 11.5 Å². The van der Waals surface area contributed by atoms with E-state index < -0.39 is 0 Å². The third-order valence-electron chi connectivity index (χ3n) is 3.34. The van der Waals surface area contributed by atoms with Gasteiger partial charge in [-0.1, -0.05) is 66.5 Å². The van der Waals surface area contributed by atoms with Crippen LogP contribution in [0.5, 0.6) is 11.5 Å². The highest BCUT2D eigenvalue weighted by atomic mass is 79.9. The van der Waals surface area contributed by atoms with Crippen LogP contribution in [0.15, 0.2) is 36.4 Å². The molecule has 2 aromatic carbocycles. The number of alkyl halides is 1. The molecule has 0 amide bonds. The number of halogens is 2. The molecule has 0 spiro atoms. The van der Waals surface area contributed by atoms with Crippen LogP contribution < -0.4 is 4.74 Å². The molecule has 0 N–H and O–H groups in total. The van der Waals surface area contributed by atoms with Gasteiger partial charge < -0.3 is 4.74 Å². The highest BCUT2D eigenvalue weighted by molar-refractivity contribution is 9.08. The molecule has 21 heavy (non-hydrogen) atoms. The zero-order chi connectivity index (χ0) is 15.6. The lowest BCUT2D eigenvalue weighted by Crippen LogP contribution is -2.12. The third kappa shape index (κ3) is 4.02. The Kier molecular flexibility index (Phi) is 5.00. The molecule has 0 saturated carbocycles. The smallest absolute Gasteiger partial charge is 0.131 e. The minimum atomic E-state index is 0.0304. The van der Waals surface area contributed by atoms with Gasteiger partial charge in [-0.05, 0) is 41.7 Å². The van der Waals surface area contributed by atoms with Crippen molar-refractivity contribution in [1.29, 1.82) is 0 Å². The average molecular weight is 368 g/mol. The minimum Gasteiger partial charge on any atom is -0.457 e. The summed E-state index contributed by atoms with van der Waals surface area (Å²) in [7, 11) is 0. The maximum Gasteiger partial charge on any atom is 0.131 e. The quantitative estimate of drug-likeness (QED) is 0.553. The lowest BCUT2D eigenvalue weighted by atomic mass is 9.86. The first-order valence-corrected chi connectivity index (χ1v) is 8.44. The first-order chi connectivity index (χ1) is 9.81. The van der Waals surface area contributed by atoms with Crippen molar-refractivity contribution in [1.82, 2.24) is 0 Å². The van der Waals surface area contributed by atoms with Crippen molar-refractivity contribution < 1.29 is 4.74 Å². The van der Waals surface area contributed by atoms with Gasteiger partial charge in [-0.15, -0.1) is 0 Å². The molecule has 0 aliphatic carbocycles. The second-order valence-electron chi connectivity index (χ2n) is 6.24.